The van der Waals surface area contributed by atoms with Gasteiger partial charge in [0.25, 0.3) is 0 Å². The maximum Gasteiger partial charge on any atom is 0.304 e. The maximum atomic E-state index is 13.3. The minimum absolute atomic E-state index is 0.392. The largest absolute Gasteiger partial charge is 0.304 e. The summed E-state index contributed by atoms with van der Waals surface area (Å²) in [5, 5.41) is 14.6. The standard InChI is InChI=1S/C11H10FN3O2/c1-8-4-5-14(13-8)7-9-2-3-11(15(16)17)10(12)6-9/h2-6H,7H2,1H3. The average molecular weight is 235 g/mol. The van der Waals surface area contributed by atoms with Gasteiger partial charge in [-0.25, -0.2) is 0 Å². The molecular weight excluding hydrogens is 225 g/mol. The Labute approximate surface area is 96.6 Å². The van der Waals surface area contributed by atoms with Gasteiger partial charge in [0.15, 0.2) is 0 Å². The molecule has 2 aromatic rings. The molecule has 0 atom stereocenters. The summed E-state index contributed by atoms with van der Waals surface area (Å²) in [4.78, 5) is 9.70. The number of hydrogen-bond donors (Lipinski definition) is 0. The summed E-state index contributed by atoms with van der Waals surface area (Å²) in [7, 11) is 0. The van der Waals surface area contributed by atoms with Crippen LogP contribution in [0.2, 0.25) is 0 Å². The van der Waals surface area contributed by atoms with E-state index in [1.807, 2.05) is 13.0 Å². The fourth-order valence-corrected chi connectivity index (χ4v) is 1.54. The van der Waals surface area contributed by atoms with Crippen molar-refractivity contribution in [2.24, 2.45) is 0 Å². The Kier molecular flexibility index (Phi) is 2.86. The van der Waals surface area contributed by atoms with Crippen LogP contribution in [0.15, 0.2) is 30.5 Å². The van der Waals surface area contributed by atoms with Gasteiger partial charge in [0, 0.05) is 12.3 Å². The summed E-state index contributed by atoms with van der Waals surface area (Å²) in [6, 6.07) is 5.69. The predicted molar refractivity (Wildman–Crippen MR) is 59.1 cm³/mol. The lowest BCUT2D eigenvalue weighted by atomic mass is 10.2. The van der Waals surface area contributed by atoms with Crippen LogP contribution >= 0.6 is 0 Å². The van der Waals surface area contributed by atoms with Crippen molar-refractivity contribution < 1.29 is 9.31 Å². The van der Waals surface area contributed by atoms with E-state index in [-0.39, 0.29) is 0 Å². The Morgan fingerprint density at radius 2 is 2.24 bits per heavy atom. The SMILES string of the molecule is Cc1ccn(Cc2ccc([N+](=O)[O-])c(F)c2)n1. The summed E-state index contributed by atoms with van der Waals surface area (Å²) in [5.41, 5.74) is 0.994. The second-order valence-corrected chi connectivity index (χ2v) is 3.70. The molecule has 1 heterocycles. The third kappa shape index (κ3) is 2.47. The van der Waals surface area contributed by atoms with E-state index < -0.39 is 16.4 Å². The fourth-order valence-electron chi connectivity index (χ4n) is 1.54. The van der Waals surface area contributed by atoms with Gasteiger partial charge in [-0.1, -0.05) is 6.07 Å². The van der Waals surface area contributed by atoms with Gasteiger partial charge in [-0.2, -0.15) is 9.49 Å². The molecule has 0 amide bonds. The minimum Gasteiger partial charge on any atom is -0.268 e. The normalized spacial score (nSPS) is 10.5. The summed E-state index contributed by atoms with van der Waals surface area (Å²) in [6.07, 6.45) is 1.77. The lowest BCUT2D eigenvalue weighted by Gasteiger charge is -2.02. The Hall–Kier alpha value is -2.24. The highest BCUT2D eigenvalue weighted by molar-refractivity contribution is 5.35. The Morgan fingerprint density at radius 1 is 1.47 bits per heavy atom. The van der Waals surface area contributed by atoms with Crippen LogP contribution in [0.3, 0.4) is 0 Å². The Bertz CT molecular complexity index is 566. The van der Waals surface area contributed by atoms with Crippen LogP contribution in [0.1, 0.15) is 11.3 Å². The van der Waals surface area contributed by atoms with Crippen molar-refractivity contribution in [3.05, 3.63) is 57.7 Å². The van der Waals surface area contributed by atoms with Gasteiger partial charge in [-0.15, -0.1) is 0 Å². The van der Waals surface area contributed by atoms with E-state index in [0.29, 0.717) is 12.1 Å². The number of nitrogens with zero attached hydrogens (tertiary/aromatic N) is 3. The summed E-state index contributed by atoms with van der Waals surface area (Å²) in [6.45, 7) is 2.25. The fraction of sp³-hybridized carbons (Fsp3) is 0.182. The average Bonchev–Trinajstić information content (AvgIpc) is 2.63. The molecule has 17 heavy (non-hydrogen) atoms. The van der Waals surface area contributed by atoms with Gasteiger partial charge in [0.1, 0.15) is 0 Å². The second-order valence-electron chi connectivity index (χ2n) is 3.70. The smallest absolute Gasteiger partial charge is 0.268 e. The van der Waals surface area contributed by atoms with E-state index in [0.717, 1.165) is 11.8 Å². The number of aromatic nitrogens is 2. The molecule has 88 valence electrons. The van der Waals surface area contributed by atoms with Crippen molar-refractivity contribution in [3.8, 4) is 0 Å². The predicted octanol–water partition coefficient (Wildman–Crippen LogP) is 2.29. The van der Waals surface area contributed by atoms with Crippen LogP contribution in [0.25, 0.3) is 0 Å². The van der Waals surface area contributed by atoms with Crippen LogP contribution in [-0.2, 0) is 6.54 Å². The van der Waals surface area contributed by atoms with Crippen molar-refractivity contribution in [1.82, 2.24) is 9.78 Å². The van der Waals surface area contributed by atoms with Crippen LogP contribution in [0.4, 0.5) is 10.1 Å². The first-order valence-electron chi connectivity index (χ1n) is 4.99. The van der Waals surface area contributed by atoms with Crippen LogP contribution in [0, 0.1) is 22.9 Å². The molecule has 1 aromatic heterocycles. The van der Waals surface area contributed by atoms with Crippen LogP contribution in [0.5, 0.6) is 0 Å². The van der Waals surface area contributed by atoms with Gasteiger partial charge < -0.3 is 0 Å². The summed E-state index contributed by atoms with van der Waals surface area (Å²) < 4.78 is 15.0. The number of rotatable bonds is 3. The molecule has 6 heteroatoms. The van der Waals surface area contributed by atoms with E-state index in [1.54, 1.807) is 10.9 Å². The number of aryl methyl sites for hydroxylation is 1. The molecule has 0 aliphatic rings. The Morgan fingerprint density at radius 3 is 2.76 bits per heavy atom. The molecule has 0 bridgehead atoms. The molecular formula is C11H10FN3O2. The topological polar surface area (TPSA) is 61.0 Å². The molecule has 2 rings (SSSR count). The van der Waals surface area contributed by atoms with Crippen molar-refractivity contribution in [2.45, 2.75) is 13.5 Å². The number of benzene rings is 1. The van der Waals surface area contributed by atoms with Crippen LogP contribution < -0.4 is 0 Å². The molecule has 1 aromatic carbocycles. The molecule has 0 N–H and O–H groups in total. The molecule has 0 aliphatic carbocycles. The minimum atomic E-state index is -0.823. The van der Waals surface area contributed by atoms with Crippen molar-refractivity contribution in [1.29, 1.82) is 0 Å². The number of nitro benzene ring substituents is 1. The van der Waals surface area contributed by atoms with E-state index in [4.69, 9.17) is 0 Å². The van der Waals surface area contributed by atoms with Gasteiger partial charge >= 0.3 is 5.69 Å². The molecule has 0 radical (unpaired) electrons. The summed E-state index contributed by atoms with van der Waals surface area (Å²) >= 11 is 0. The highest BCUT2D eigenvalue weighted by Gasteiger charge is 2.13. The Balaban J connectivity index is 2.23. The van der Waals surface area contributed by atoms with Gasteiger partial charge in [0.05, 0.1) is 17.2 Å². The van der Waals surface area contributed by atoms with Crippen LogP contribution in [-0.4, -0.2) is 14.7 Å². The van der Waals surface area contributed by atoms with Gasteiger partial charge in [-0.3, -0.25) is 14.8 Å². The molecule has 5 nitrogen and oxygen atoms in total. The molecule has 0 unspecified atom stereocenters. The third-order valence-electron chi connectivity index (χ3n) is 2.33. The molecule has 0 saturated heterocycles. The van der Waals surface area contributed by atoms with E-state index >= 15 is 0 Å². The number of hydrogen-bond acceptors (Lipinski definition) is 3. The first-order valence-corrected chi connectivity index (χ1v) is 4.99. The van der Waals surface area contributed by atoms with E-state index in [1.165, 1.54) is 12.1 Å². The molecule has 0 fully saturated rings. The van der Waals surface area contributed by atoms with Crippen molar-refractivity contribution >= 4 is 5.69 Å². The molecule has 0 spiro atoms. The van der Waals surface area contributed by atoms with Crippen molar-refractivity contribution in [3.63, 3.8) is 0 Å². The van der Waals surface area contributed by atoms with Gasteiger partial charge in [-0.05, 0) is 24.6 Å². The highest BCUT2D eigenvalue weighted by atomic mass is 19.1. The molecule has 0 saturated carbocycles. The maximum absolute atomic E-state index is 13.3. The second kappa shape index (κ2) is 4.32. The highest BCUT2D eigenvalue weighted by Crippen LogP contribution is 2.18. The lowest BCUT2D eigenvalue weighted by molar-refractivity contribution is -0.387. The van der Waals surface area contributed by atoms with E-state index in [9.17, 15) is 14.5 Å². The van der Waals surface area contributed by atoms with E-state index in [2.05, 4.69) is 5.10 Å². The first kappa shape index (κ1) is 11.3. The zero-order chi connectivity index (χ0) is 12.4. The summed E-state index contributed by atoms with van der Waals surface area (Å²) in [5.74, 6) is -0.823. The quantitative estimate of drug-likeness (QED) is 0.605. The number of halogens is 1. The van der Waals surface area contributed by atoms with Gasteiger partial charge in [0.2, 0.25) is 5.82 Å². The zero-order valence-corrected chi connectivity index (χ0v) is 9.13. The molecule has 0 aliphatic heterocycles. The van der Waals surface area contributed by atoms with Crippen molar-refractivity contribution in [2.75, 3.05) is 0 Å². The first-order chi connectivity index (χ1) is 8.06. The monoisotopic (exact) mass is 235 g/mol. The third-order valence-corrected chi connectivity index (χ3v) is 2.33. The zero-order valence-electron chi connectivity index (χ0n) is 9.13. The number of nitro groups is 1. The lowest BCUT2D eigenvalue weighted by Crippen LogP contribution is -2.02.